The van der Waals surface area contributed by atoms with Crippen LogP contribution in [0.4, 0.5) is 4.79 Å². The second kappa shape index (κ2) is 6.10. The average Bonchev–Trinajstić information content (AvgIpc) is 3.12. The molecule has 0 fully saturated rings. The Morgan fingerprint density at radius 2 is 2.00 bits per heavy atom. The van der Waals surface area contributed by atoms with Gasteiger partial charge in [-0.3, -0.25) is 0 Å². The first-order valence-electron chi connectivity index (χ1n) is 8.59. The van der Waals surface area contributed by atoms with Crippen molar-refractivity contribution in [3.8, 4) is 0 Å². The molecule has 0 aromatic heterocycles. The summed E-state index contributed by atoms with van der Waals surface area (Å²) in [6, 6.07) is 4.36. The number of nitrogens with zero attached hydrogens (tertiary/aromatic N) is 1. The first-order chi connectivity index (χ1) is 11.7. The van der Waals surface area contributed by atoms with E-state index in [4.69, 9.17) is 4.74 Å². The van der Waals surface area contributed by atoms with Crippen molar-refractivity contribution in [3.05, 3.63) is 53.6 Å². The molecule has 132 valence electrons. The van der Waals surface area contributed by atoms with Gasteiger partial charge >= 0.3 is 6.09 Å². The topological polar surface area (TPSA) is 41.6 Å². The summed E-state index contributed by atoms with van der Waals surface area (Å²) in [6.45, 7) is 17.8. The monoisotopic (exact) mass is 338 g/mol. The van der Waals surface area contributed by atoms with Gasteiger partial charge in [-0.05, 0) is 62.1 Å². The molecule has 0 bridgehead atoms. The van der Waals surface area contributed by atoms with Gasteiger partial charge in [-0.25, -0.2) is 4.79 Å². The van der Waals surface area contributed by atoms with E-state index in [0.717, 1.165) is 40.1 Å². The van der Waals surface area contributed by atoms with Crippen LogP contribution in [0.2, 0.25) is 0 Å². The molecular formula is C21H26N2O2. The second-order valence-electron chi connectivity index (χ2n) is 7.76. The fourth-order valence-electron chi connectivity index (χ4n) is 3.20. The summed E-state index contributed by atoms with van der Waals surface area (Å²) in [5.74, 6) is 0. The van der Waals surface area contributed by atoms with Crippen molar-refractivity contribution in [3.63, 3.8) is 0 Å². The third kappa shape index (κ3) is 3.48. The second-order valence-corrected chi connectivity index (χ2v) is 7.76. The molecule has 0 unspecified atom stereocenters. The van der Waals surface area contributed by atoms with Gasteiger partial charge in [0.05, 0.1) is 0 Å². The minimum atomic E-state index is -0.484. The van der Waals surface area contributed by atoms with Crippen LogP contribution in [0, 0.1) is 0 Å². The van der Waals surface area contributed by atoms with Gasteiger partial charge in [0.1, 0.15) is 5.60 Å². The van der Waals surface area contributed by atoms with Crippen LogP contribution >= 0.6 is 0 Å². The summed E-state index contributed by atoms with van der Waals surface area (Å²) in [6.07, 6.45) is 1.83. The molecular weight excluding hydrogens is 312 g/mol. The predicted molar refractivity (Wildman–Crippen MR) is 103 cm³/mol. The lowest BCUT2D eigenvalue weighted by Crippen LogP contribution is -2.35. The summed E-state index contributed by atoms with van der Waals surface area (Å²) in [7, 11) is 0. The zero-order valence-corrected chi connectivity index (χ0v) is 15.5. The Labute approximate surface area is 149 Å². The number of rotatable bonds is 2. The van der Waals surface area contributed by atoms with Crippen LogP contribution in [0.3, 0.4) is 0 Å². The highest BCUT2D eigenvalue weighted by atomic mass is 16.6. The lowest BCUT2D eigenvalue weighted by atomic mass is 9.91. The van der Waals surface area contributed by atoms with Crippen molar-refractivity contribution >= 4 is 22.9 Å². The summed E-state index contributed by atoms with van der Waals surface area (Å²) in [5, 5.41) is 3.29. The number of carbonyl (C=O) groups is 1. The van der Waals surface area contributed by atoms with E-state index in [-0.39, 0.29) is 6.09 Å². The first kappa shape index (κ1) is 17.3. The van der Waals surface area contributed by atoms with Crippen molar-refractivity contribution in [1.29, 1.82) is 0 Å². The number of fused-ring (bicyclic) bond motifs is 1. The molecule has 25 heavy (non-hydrogen) atoms. The van der Waals surface area contributed by atoms with Crippen LogP contribution in [0.25, 0.3) is 16.8 Å². The van der Waals surface area contributed by atoms with E-state index in [9.17, 15) is 4.79 Å². The highest BCUT2D eigenvalue weighted by molar-refractivity contribution is 5.86. The Morgan fingerprint density at radius 1 is 1.28 bits per heavy atom. The number of nitrogens with one attached hydrogen (secondary N) is 1. The number of hydrogen-bond donors (Lipinski definition) is 1. The fraction of sp³-hybridized carbons (Fsp3) is 0.381. The molecule has 1 aromatic carbocycles. The molecule has 0 saturated heterocycles. The molecule has 0 saturated carbocycles. The Hall–Kier alpha value is -2.49. The summed E-state index contributed by atoms with van der Waals surface area (Å²) in [5.41, 5.74) is 7.28. The van der Waals surface area contributed by atoms with Gasteiger partial charge < -0.3 is 15.0 Å². The van der Waals surface area contributed by atoms with Crippen molar-refractivity contribution in [2.24, 2.45) is 0 Å². The normalized spacial score (nSPS) is 16.4. The van der Waals surface area contributed by atoms with Crippen molar-refractivity contribution in [2.45, 2.75) is 39.8 Å². The van der Waals surface area contributed by atoms with Crippen LogP contribution in [0.1, 0.15) is 49.9 Å². The van der Waals surface area contributed by atoms with E-state index in [0.29, 0.717) is 13.1 Å². The third-order valence-corrected chi connectivity index (χ3v) is 4.44. The molecule has 1 aromatic rings. The minimum absolute atomic E-state index is 0.271. The number of ether oxygens (including phenoxy) is 1. The van der Waals surface area contributed by atoms with E-state index in [1.54, 1.807) is 4.90 Å². The summed E-state index contributed by atoms with van der Waals surface area (Å²) >= 11 is 0. The third-order valence-electron chi connectivity index (χ3n) is 4.44. The molecule has 0 spiro atoms. The van der Waals surface area contributed by atoms with Gasteiger partial charge in [0.15, 0.2) is 0 Å². The molecule has 1 N–H and O–H groups in total. The van der Waals surface area contributed by atoms with Gasteiger partial charge in [-0.1, -0.05) is 24.8 Å². The lowest BCUT2D eigenvalue weighted by molar-refractivity contribution is 0.0306. The van der Waals surface area contributed by atoms with Crippen molar-refractivity contribution in [1.82, 2.24) is 10.2 Å². The molecule has 4 heteroatoms. The largest absolute Gasteiger partial charge is 0.444 e. The van der Waals surface area contributed by atoms with E-state index < -0.39 is 5.60 Å². The molecule has 1 amide bonds. The van der Waals surface area contributed by atoms with Crippen LogP contribution in [-0.4, -0.2) is 29.7 Å². The number of hydrogen-bond acceptors (Lipinski definition) is 3. The maximum absolute atomic E-state index is 12.3. The molecule has 2 heterocycles. The van der Waals surface area contributed by atoms with E-state index in [1.165, 1.54) is 5.56 Å². The molecule has 0 atom stereocenters. The molecule has 3 rings (SSSR count). The van der Waals surface area contributed by atoms with E-state index in [1.807, 2.05) is 27.7 Å². The SMILES string of the molecule is C=C1NCc2cc(C3=CCN(C(=O)OC(C)(C)C)C3)c(C(=C)C)cc21. The number of carbonyl (C=O) groups excluding carboxylic acids is 1. The van der Waals surface area contributed by atoms with E-state index >= 15 is 0 Å². The average molecular weight is 338 g/mol. The highest BCUT2D eigenvalue weighted by Crippen LogP contribution is 2.34. The standard InChI is InChI=1S/C21H26N2O2/c1-13(2)17-10-18-14(3)22-11-16(18)9-19(17)15-7-8-23(12-15)20(24)25-21(4,5)6/h7,9-10,22H,1,3,8,11-12H2,2,4-6H3. The van der Waals surface area contributed by atoms with Crippen LogP contribution in [0.15, 0.2) is 31.4 Å². The fourth-order valence-corrected chi connectivity index (χ4v) is 3.20. The van der Waals surface area contributed by atoms with Gasteiger partial charge in [0.2, 0.25) is 0 Å². The Balaban J connectivity index is 1.87. The molecule has 2 aliphatic heterocycles. The van der Waals surface area contributed by atoms with E-state index in [2.05, 4.69) is 36.7 Å². The van der Waals surface area contributed by atoms with Gasteiger partial charge in [-0.15, -0.1) is 0 Å². The number of amides is 1. The maximum atomic E-state index is 12.3. The van der Waals surface area contributed by atoms with Gasteiger partial charge in [-0.2, -0.15) is 0 Å². The maximum Gasteiger partial charge on any atom is 0.410 e. The Bertz CT molecular complexity index is 797. The molecule has 4 nitrogen and oxygen atoms in total. The van der Waals surface area contributed by atoms with Crippen molar-refractivity contribution < 1.29 is 9.53 Å². The number of allylic oxidation sites excluding steroid dienone is 1. The smallest absolute Gasteiger partial charge is 0.410 e. The lowest BCUT2D eigenvalue weighted by Gasteiger charge is -2.24. The van der Waals surface area contributed by atoms with Gasteiger partial charge in [0, 0.05) is 30.9 Å². The summed E-state index contributed by atoms with van der Waals surface area (Å²) in [4.78, 5) is 14.0. The predicted octanol–water partition coefficient (Wildman–Crippen LogP) is 4.43. The quantitative estimate of drug-likeness (QED) is 0.867. The molecule has 0 radical (unpaired) electrons. The van der Waals surface area contributed by atoms with Gasteiger partial charge in [0.25, 0.3) is 0 Å². The number of benzene rings is 1. The van der Waals surface area contributed by atoms with Crippen LogP contribution < -0.4 is 5.32 Å². The Morgan fingerprint density at radius 3 is 2.64 bits per heavy atom. The van der Waals surface area contributed by atoms with Crippen LogP contribution in [-0.2, 0) is 11.3 Å². The zero-order valence-electron chi connectivity index (χ0n) is 15.5. The summed E-state index contributed by atoms with van der Waals surface area (Å²) < 4.78 is 5.49. The highest BCUT2D eigenvalue weighted by Gasteiger charge is 2.27. The van der Waals surface area contributed by atoms with Crippen molar-refractivity contribution in [2.75, 3.05) is 13.1 Å². The zero-order chi connectivity index (χ0) is 18.4. The first-order valence-corrected chi connectivity index (χ1v) is 8.59. The molecule has 0 aliphatic carbocycles. The minimum Gasteiger partial charge on any atom is -0.444 e. The molecule has 2 aliphatic rings. The Kier molecular flexibility index (Phi) is 4.23. The van der Waals surface area contributed by atoms with Crippen LogP contribution in [0.5, 0.6) is 0 Å².